The SMILES string of the molecule is C=c1cccc2c1=C(/C=C\C)C1=CC=Cc3c(C)ccc-2c3C1. The molecule has 0 aliphatic heterocycles. The summed E-state index contributed by atoms with van der Waals surface area (Å²) >= 11 is 0. The Hall–Kier alpha value is -2.60. The maximum Gasteiger partial charge on any atom is -0.000740 e. The summed E-state index contributed by atoms with van der Waals surface area (Å²) in [5, 5.41) is 2.38. The van der Waals surface area contributed by atoms with Crippen LogP contribution >= 0.6 is 0 Å². The first kappa shape index (κ1) is 14.0. The molecule has 2 aliphatic rings. The summed E-state index contributed by atoms with van der Waals surface area (Å²) in [6.45, 7) is 8.59. The van der Waals surface area contributed by atoms with E-state index in [1.54, 1.807) is 0 Å². The third-order valence-electron chi connectivity index (χ3n) is 4.89. The second-order valence-electron chi connectivity index (χ2n) is 6.30. The molecule has 2 bridgehead atoms. The molecule has 0 N–H and O–H groups in total. The zero-order valence-electron chi connectivity index (χ0n) is 13.7. The number of rotatable bonds is 1. The average molecular weight is 296 g/mol. The van der Waals surface area contributed by atoms with E-state index in [2.05, 4.69) is 81.1 Å². The summed E-state index contributed by atoms with van der Waals surface area (Å²) in [6.07, 6.45) is 12.1. The van der Waals surface area contributed by atoms with E-state index in [1.165, 1.54) is 44.2 Å². The van der Waals surface area contributed by atoms with Gasteiger partial charge in [-0.2, -0.15) is 0 Å². The minimum Gasteiger partial charge on any atom is -0.0911 e. The molecule has 2 aromatic carbocycles. The number of fused-ring (bicyclic) bond motifs is 3. The highest BCUT2D eigenvalue weighted by atomic mass is 14.2. The normalized spacial score (nSPS) is 15.2. The quantitative estimate of drug-likeness (QED) is 0.735. The molecule has 112 valence electrons. The molecule has 0 saturated heterocycles. The van der Waals surface area contributed by atoms with Crippen molar-refractivity contribution in [1.82, 2.24) is 0 Å². The molecule has 0 saturated carbocycles. The van der Waals surface area contributed by atoms with Crippen molar-refractivity contribution in [2.75, 3.05) is 0 Å². The van der Waals surface area contributed by atoms with Crippen molar-refractivity contribution in [2.24, 2.45) is 0 Å². The smallest absolute Gasteiger partial charge is 0.000740 e. The highest BCUT2D eigenvalue weighted by Gasteiger charge is 2.21. The van der Waals surface area contributed by atoms with E-state index in [0.29, 0.717) is 0 Å². The molecule has 0 fully saturated rings. The molecule has 0 spiro atoms. The summed E-state index contributed by atoms with van der Waals surface area (Å²) in [6, 6.07) is 11.0. The predicted molar refractivity (Wildman–Crippen MR) is 100 cm³/mol. The molecule has 0 aromatic heterocycles. The van der Waals surface area contributed by atoms with Gasteiger partial charge in [0.15, 0.2) is 0 Å². The topological polar surface area (TPSA) is 0 Å². The van der Waals surface area contributed by atoms with Crippen LogP contribution in [0.5, 0.6) is 0 Å². The van der Waals surface area contributed by atoms with Crippen LogP contribution in [0.15, 0.2) is 60.2 Å². The lowest BCUT2D eigenvalue weighted by atomic mass is 9.90. The largest absolute Gasteiger partial charge is 0.0911 e. The second-order valence-corrected chi connectivity index (χ2v) is 6.30. The third kappa shape index (κ3) is 2.06. The van der Waals surface area contributed by atoms with Crippen molar-refractivity contribution in [1.29, 1.82) is 0 Å². The predicted octanol–water partition coefficient (Wildman–Crippen LogP) is 4.31. The van der Waals surface area contributed by atoms with Crippen LogP contribution in [0.2, 0.25) is 0 Å². The van der Waals surface area contributed by atoms with Gasteiger partial charge in [0.25, 0.3) is 0 Å². The lowest BCUT2D eigenvalue weighted by Gasteiger charge is -2.13. The Morgan fingerprint density at radius 1 is 1.09 bits per heavy atom. The van der Waals surface area contributed by atoms with Crippen molar-refractivity contribution in [3.05, 3.63) is 87.3 Å². The molecular formula is C23H20. The second kappa shape index (κ2) is 5.24. The molecule has 0 heteroatoms. The number of benzene rings is 2. The van der Waals surface area contributed by atoms with Gasteiger partial charge in [0.2, 0.25) is 0 Å². The molecule has 0 unspecified atom stereocenters. The van der Waals surface area contributed by atoms with Gasteiger partial charge in [0.05, 0.1) is 0 Å². The van der Waals surface area contributed by atoms with Gasteiger partial charge in [0, 0.05) is 0 Å². The first-order valence-electron chi connectivity index (χ1n) is 8.16. The number of allylic oxidation sites excluding steroid dienone is 5. The lowest BCUT2D eigenvalue weighted by Crippen LogP contribution is -2.27. The summed E-state index contributed by atoms with van der Waals surface area (Å²) in [7, 11) is 0. The molecule has 0 amide bonds. The van der Waals surface area contributed by atoms with Crippen molar-refractivity contribution in [3.63, 3.8) is 0 Å². The van der Waals surface area contributed by atoms with Gasteiger partial charge in [-0.1, -0.05) is 67.3 Å². The monoisotopic (exact) mass is 296 g/mol. The molecule has 0 heterocycles. The van der Waals surface area contributed by atoms with Gasteiger partial charge in [-0.3, -0.25) is 0 Å². The Balaban J connectivity index is 2.27. The van der Waals surface area contributed by atoms with Crippen molar-refractivity contribution in [3.8, 4) is 11.1 Å². The molecular weight excluding hydrogens is 276 g/mol. The maximum atomic E-state index is 4.31. The van der Waals surface area contributed by atoms with Gasteiger partial charge < -0.3 is 0 Å². The van der Waals surface area contributed by atoms with Gasteiger partial charge in [-0.05, 0) is 69.7 Å². The van der Waals surface area contributed by atoms with Crippen LogP contribution in [0.4, 0.5) is 0 Å². The molecule has 0 atom stereocenters. The molecule has 2 aliphatic carbocycles. The standard InChI is InChI=1S/C23H20/c1-4-7-19-17-9-6-10-18-15(2)12-13-20(22(18)14-17)21-11-5-8-16(3)23(19)21/h4-13H,3,14H2,1-2H3/b7-4-. The van der Waals surface area contributed by atoms with Crippen LogP contribution in [0.3, 0.4) is 0 Å². The minimum atomic E-state index is 0.979. The lowest BCUT2D eigenvalue weighted by molar-refractivity contribution is 1.20. The first-order valence-corrected chi connectivity index (χ1v) is 8.16. The molecule has 2 aromatic rings. The Labute approximate surface area is 137 Å². The Morgan fingerprint density at radius 3 is 2.78 bits per heavy atom. The van der Waals surface area contributed by atoms with Crippen LogP contribution in [-0.4, -0.2) is 0 Å². The summed E-state index contributed by atoms with van der Waals surface area (Å²) in [5.74, 6) is 0. The van der Waals surface area contributed by atoms with Crippen molar-refractivity contribution in [2.45, 2.75) is 20.3 Å². The fourth-order valence-corrected chi connectivity index (χ4v) is 3.81. The Morgan fingerprint density at radius 2 is 1.96 bits per heavy atom. The minimum absolute atomic E-state index is 0.979. The zero-order valence-corrected chi connectivity index (χ0v) is 13.7. The van der Waals surface area contributed by atoms with Crippen LogP contribution in [-0.2, 0) is 6.42 Å². The summed E-state index contributed by atoms with van der Waals surface area (Å²) in [5.41, 5.74) is 9.49. The fraction of sp³-hybridized carbons (Fsp3) is 0.130. The third-order valence-corrected chi connectivity index (χ3v) is 4.89. The summed E-state index contributed by atoms with van der Waals surface area (Å²) < 4.78 is 0. The van der Waals surface area contributed by atoms with Crippen LogP contribution in [0.25, 0.3) is 29.4 Å². The highest BCUT2D eigenvalue weighted by molar-refractivity contribution is 5.87. The number of hydrogen-bond donors (Lipinski definition) is 0. The van der Waals surface area contributed by atoms with Crippen molar-refractivity contribution < 1.29 is 0 Å². The van der Waals surface area contributed by atoms with Crippen LogP contribution < -0.4 is 10.4 Å². The molecule has 0 radical (unpaired) electrons. The number of aryl methyl sites for hydroxylation is 1. The van der Waals surface area contributed by atoms with E-state index in [4.69, 9.17) is 0 Å². The van der Waals surface area contributed by atoms with Crippen molar-refractivity contribution >= 4 is 18.2 Å². The van der Waals surface area contributed by atoms with Gasteiger partial charge in [-0.15, -0.1) is 0 Å². The van der Waals surface area contributed by atoms with Gasteiger partial charge in [0.1, 0.15) is 0 Å². The molecule has 0 nitrogen and oxygen atoms in total. The summed E-state index contributed by atoms with van der Waals surface area (Å²) in [4.78, 5) is 0. The first-order chi connectivity index (χ1) is 11.2. The van der Waals surface area contributed by atoms with E-state index >= 15 is 0 Å². The van der Waals surface area contributed by atoms with E-state index in [9.17, 15) is 0 Å². The van der Waals surface area contributed by atoms with E-state index in [-0.39, 0.29) is 0 Å². The van der Waals surface area contributed by atoms with Crippen LogP contribution in [0, 0.1) is 6.92 Å². The zero-order chi connectivity index (χ0) is 16.0. The number of hydrogen-bond acceptors (Lipinski definition) is 0. The molecule has 4 rings (SSSR count). The highest BCUT2D eigenvalue weighted by Crippen LogP contribution is 2.35. The average Bonchev–Trinajstić information content (AvgIpc) is 2.83. The van der Waals surface area contributed by atoms with E-state index in [1.807, 2.05) is 0 Å². The maximum absolute atomic E-state index is 4.31. The molecule has 23 heavy (non-hydrogen) atoms. The Bertz CT molecular complexity index is 1010. The Kier molecular flexibility index (Phi) is 3.20. The van der Waals surface area contributed by atoms with E-state index in [0.717, 1.165) is 11.6 Å². The van der Waals surface area contributed by atoms with Gasteiger partial charge >= 0.3 is 0 Å². The van der Waals surface area contributed by atoms with Crippen LogP contribution in [0.1, 0.15) is 23.6 Å². The van der Waals surface area contributed by atoms with E-state index < -0.39 is 0 Å². The fourth-order valence-electron chi connectivity index (χ4n) is 3.81. The van der Waals surface area contributed by atoms with Gasteiger partial charge in [-0.25, -0.2) is 0 Å².